The third-order valence-electron chi connectivity index (χ3n) is 3.48. The highest BCUT2D eigenvalue weighted by Crippen LogP contribution is 2.37. The zero-order chi connectivity index (χ0) is 20.7. The van der Waals surface area contributed by atoms with Crippen molar-refractivity contribution in [2.24, 2.45) is 0 Å². The molecule has 1 amide bonds. The van der Waals surface area contributed by atoms with Crippen molar-refractivity contribution < 1.29 is 23.8 Å². The van der Waals surface area contributed by atoms with Gasteiger partial charge in [0.2, 0.25) is 0 Å². The largest absolute Gasteiger partial charge is 0.493 e. The number of carbonyl (C=O) groups is 2. The Morgan fingerprint density at radius 2 is 1.86 bits per heavy atom. The molecule has 0 unspecified atom stereocenters. The van der Waals surface area contributed by atoms with E-state index in [1.165, 1.54) is 13.2 Å². The zero-order valence-corrected chi connectivity index (χ0v) is 18.3. The van der Waals surface area contributed by atoms with Gasteiger partial charge in [0.1, 0.15) is 0 Å². The highest BCUT2D eigenvalue weighted by atomic mass is 79.9. The summed E-state index contributed by atoms with van der Waals surface area (Å²) in [7, 11) is 1.47. The Kier molecular flexibility index (Phi) is 8.41. The summed E-state index contributed by atoms with van der Waals surface area (Å²) >= 11 is 15.3. The summed E-state index contributed by atoms with van der Waals surface area (Å²) in [6.07, 6.45) is 0.823. The minimum absolute atomic E-state index is 0.205. The van der Waals surface area contributed by atoms with Crippen LogP contribution >= 0.6 is 39.1 Å². The summed E-state index contributed by atoms with van der Waals surface area (Å²) in [5, 5.41) is 3.08. The van der Waals surface area contributed by atoms with Crippen LogP contribution in [0, 0.1) is 0 Å². The van der Waals surface area contributed by atoms with E-state index in [1.54, 1.807) is 24.3 Å². The molecule has 0 aliphatic carbocycles. The lowest BCUT2D eigenvalue weighted by Gasteiger charge is -2.14. The second kappa shape index (κ2) is 10.5. The molecular weight excluding hydrogens is 473 g/mol. The number of benzene rings is 2. The molecule has 0 aliphatic rings. The highest BCUT2D eigenvalue weighted by Gasteiger charge is 2.18. The smallest absolute Gasteiger partial charge is 0.338 e. The number of rotatable bonds is 8. The number of amides is 1. The summed E-state index contributed by atoms with van der Waals surface area (Å²) < 4.78 is 16.5. The van der Waals surface area contributed by atoms with E-state index < -0.39 is 18.5 Å². The molecule has 0 atom stereocenters. The quantitative estimate of drug-likeness (QED) is 0.505. The Bertz CT molecular complexity index is 855. The van der Waals surface area contributed by atoms with Gasteiger partial charge in [-0.05, 0) is 46.6 Å². The second-order valence-corrected chi connectivity index (χ2v) is 7.23. The number of ether oxygens (including phenoxy) is 3. The molecule has 9 heteroatoms. The zero-order valence-electron chi connectivity index (χ0n) is 15.2. The number of halogens is 3. The van der Waals surface area contributed by atoms with Gasteiger partial charge in [0.15, 0.2) is 18.1 Å². The van der Waals surface area contributed by atoms with Crippen LogP contribution in [0.4, 0.5) is 5.69 Å². The normalized spacial score (nSPS) is 10.3. The Hall–Kier alpha value is -1.96. The number of methoxy groups -OCH3 is 1. The molecule has 150 valence electrons. The Balaban J connectivity index is 2.04. The third-order valence-corrected chi connectivity index (χ3v) is 4.70. The van der Waals surface area contributed by atoms with Crippen LogP contribution in [0.3, 0.4) is 0 Å². The van der Waals surface area contributed by atoms with Crippen molar-refractivity contribution in [1.82, 2.24) is 0 Å². The van der Waals surface area contributed by atoms with Gasteiger partial charge in [0.05, 0.1) is 39.5 Å². The van der Waals surface area contributed by atoms with Crippen LogP contribution < -0.4 is 14.8 Å². The molecule has 0 radical (unpaired) electrons. The van der Waals surface area contributed by atoms with E-state index in [0.717, 1.165) is 6.42 Å². The van der Waals surface area contributed by atoms with E-state index >= 15 is 0 Å². The molecule has 0 bridgehead atoms. The maximum atomic E-state index is 12.3. The predicted molar refractivity (Wildman–Crippen MR) is 112 cm³/mol. The molecule has 0 saturated heterocycles. The van der Waals surface area contributed by atoms with Gasteiger partial charge >= 0.3 is 5.97 Å². The van der Waals surface area contributed by atoms with Crippen molar-refractivity contribution in [2.45, 2.75) is 13.3 Å². The molecule has 2 rings (SSSR count). The van der Waals surface area contributed by atoms with Gasteiger partial charge in [0, 0.05) is 0 Å². The molecule has 2 aromatic rings. The van der Waals surface area contributed by atoms with Crippen LogP contribution in [0.2, 0.25) is 10.0 Å². The van der Waals surface area contributed by atoms with Crippen LogP contribution in [0.15, 0.2) is 34.8 Å². The van der Waals surface area contributed by atoms with Gasteiger partial charge in [-0.15, -0.1) is 0 Å². The molecule has 28 heavy (non-hydrogen) atoms. The molecular formula is C19H18BrCl2NO5. The van der Waals surface area contributed by atoms with Gasteiger partial charge in [-0.2, -0.15) is 0 Å². The summed E-state index contributed by atoms with van der Waals surface area (Å²) in [6, 6.07) is 7.85. The molecule has 0 fully saturated rings. The highest BCUT2D eigenvalue weighted by molar-refractivity contribution is 9.10. The monoisotopic (exact) mass is 489 g/mol. The lowest BCUT2D eigenvalue weighted by atomic mass is 10.2. The minimum Gasteiger partial charge on any atom is -0.493 e. The average molecular weight is 491 g/mol. The van der Waals surface area contributed by atoms with Crippen molar-refractivity contribution >= 4 is 56.7 Å². The number of esters is 1. The van der Waals surface area contributed by atoms with Crippen LogP contribution in [0.5, 0.6) is 11.5 Å². The van der Waals surface area contributed by atoms with Crippen molar-refractivity contribution in [3.05, 3.63) is 50.4 Å². The second-order valence-electron chi connectivity index (χ2n) is 5.56. The van der Waals surface area contributed by atoms with Gasteiger partial charge < -0.3 is 19.5 Å². The standard InChI is InChI=1S/C19H18BrCl2NO5/c1-3-7-27-18-12(20)8-11(9-15(18)26-2)19(25)28-10-16(24)23-17-13(21)5-4-6-14(17)22/h4-6,8-9H,3,7,10H2,1-2H3,(H,23,24). The first-order valence-corrected chi connectivity index (χ1v) is 9.83. The summed E-state index contributed by atoms with van der Waals surface area (Å²) in [6.45, 7) is 1.98. The fourth-order valence-electron chi connectivity index (χ4n) is 2.19. The van der Waals surface area contributed by atoms with E-state index in [9.17, 15) is 9.59 Å². The first kappa shape index (κ1) is 22.3. The SMILES string of the molecule is CCCOc1c(Br)cc(C(=O)OCC(=O)Nc2c(Cl)cccc2Cl)cc1OC. The minimum atomic E-state index is -0.693. The maximum Gasteiger partial charge on any atom is 0.338 e. The van der Waals surface area contributed by atoms with Crippen molar-refractivity contribution in [2.75, 3.05) is 25.6 Å². The van der Waals surface area contributed by atoms with E-state index in [0.29, 0.717) is 22.6 Å². The molecule has 0 spiro atoms. The molecule has 0 aromatic heterocycles. The Labute approximate surface area is 181 Å². The number of nitrogens with one attached hydrogen (secondary N) is 1. The first-order valence-electron chi connectivity index (χ1n) is 8.28. The van der Waals surface area contributed by atoms with Gasteiger partial charge in [-0.3, -0.25) is 4.79 Å². The number of para-hydroxylation sites is 1. The molecule has 1 N–H and O–H groups in total. The fraction of sp³-hybridized carbons (Fsp3) is 0.263. The molecule has 6 nitrogen and oxygen atoms in total. The summed E-state index contributed by atoms with van der Waals surface area (Å²) in [5.41, 5.74) is 0.463. The third kappa shape index (κ3) is 5.77. The molecule has 2 aromatic carbocycles. The number of carbonyl (C=O) groups excluding carboxylic acids is 2. The van der Waals surface area contributed by atoms with Gasteiger partial charge in [0.25, 0.3) is 5.91 Å². The lowest BCUT2D eigenvalue weighted by molar-refractivity contribution is -0.119. The molecule has 0 aliphatic heterocycles. The van der Waals surface area contributed by atoms with Crippen molar-refractivity contribution in [3.63, 3.8) is 0 Å². The topological polar surface area (TPSA) is 73.9 Å². The van der Waals surface area contributed by atoms with E-state index in [1.807, 2.05) is 6.92 Å². The molecule has 0 heterocycles. The number of anilines is 1. The van der Waals surface area contributed by atoms with E-state index in [-0.39, 0.29) is 21.3 Å². The Morgan fingerprint density at radius 1 is 1.18 bits per heavy atom. The lowest BCUT2D eigenvalue weighted by Crippen LogP contribution is -2.21. The molecule has 0 saturated carbocycles. The number of hydrogen-bond donors (Lipinski definition) is 1. The van der Waals surface area contributed by atoms with Crippen molar-refractivity contribution in [3.8, 4) is 11.5 Å². The van der Waals surface area contributed by atoms with Crippen LogP contribution in [-0.2, 0) is 9.53 Å². The fourth-order valence-corrected chi connectivity index (χ4v) is 3.24. The summed E-state index contributed by atoms with van der Waals surface area (Å²) in [5.74, 6) is -0.396. The van der Waals surface area contributed by atoms with Crippen LogP contribution in [0.25, 0.3) is 0 Å². The van der Waals surface area contributed by atoms with E-state index in [4.69, 9.17) is 37.4 Å². The first-order chi connectivity index (χ1) is 13.4. The van der Waals surface area contributed by atoms with Crippen molar-refractivity contribution in [1.29, 1.82) is 0 Å². The average Bonchev–Trinajstić information content (AvgIpc) is 2.67. The Morgan fingerprint density at radius 3 is 2.46 bits per heavy atom. The van der Waals surface area contributed by atoms with E-state index in [2.05, 4.69) is 21.2 Å². The number of hydrogen-bond acceptors (Lipinski definition) is 5. The van der Waals surface area contributed by atoms with Gasteiger partial charge in [-0.1, -0.05) is 36.2 Å². The van der Waals surface area contributed by atoms with Crippen LogP contribution in [-0.4, -0.2) is 32.2 Å². The van der Waals surface area contributed by atoms with Gasteiger partial charge in [-0.25, -0.2) is 4.79 Å². The summed E-state index contributed by atoms with van der Waals surface area (Å²) in [4.78, 5) is 24.4. The van der Waals surface area contributed by atoms with Crippen LogP contribution in [0.1, 0.15) is 23.7 Å². The predicted octanol–water partition coefficient (Wildman–Crippen LogP) is 5.35. The maximum absolute atomic E-state index is 12.3.